The number of amides is 1. The molecule has 5 heteroatoms. The van der Waals surface area contributed by atoms with E-state index in [1.165, 1.54) is 0 Å². The second kappa shape index (κ2) is 5.96. The third kappa shape index (κ3) is 2.19. The van der Waals surface area contributed by atoms with Gasteiger partial charge in [0.1, 0.15) is 6.61 Å². The second-order valence-electron chi connectivity index (χ2n) is 7.05. The zero-order valence-electron chi connectivity index (χ0n) is 15.6. The normalized spacial score (nSPS) is 13.0. The van der Waals surface area contributed by atoms with Gasteiger partial charge in [-0.3, -0.25) is 4.79 Å². The quantitative estimate of drug-likeness (QED) is 0.526. The molecule has 0 aliphatic carbocycles. The highest BCUT2D eigenvalue weighted by atomic mass is 16.5. The van der Waals surface area contributed by atoms with Crippen molar-refractivity contribution in [3.8, 4) is 0 Å². The van der Waals surface area contributed by atoms with Gasteiger partial charge >= 0.3 is 5.97 Å². The predicted octanol–water partition coefficient (Wildman–Crippen LogP) is 4.56. The predicted molar refractivity (Wildman–Crippen MR) is 109 cm³/mol. The van der Waals surface area contributed by atoms with Gasteiger partial charge in [-0.2, -0.15) is 0 Å². The second-order valence-corrected chi connectivity index (χ2v) is 7.05. The lowest BCUT2D eigenvalue weighted by Gasteiger charge is -2.15. The van der Waals surface area contributed by atoms with Crippen LogP contribution in [0.5, 0.6) is 0 Å². The molecule has 2 heterocycles. The van der Waals surface area contributed by atoms with Crippen LogP contribution in [0.2, 0.25) is 0 Å². The van der Waals surface area contributed by atoms with E-state index in [2.05, 4.69) is 9.88 Å². The molecule has 4 aromatic rings. The Morgan fingerprint density at radius 1 is 1.07 bits per heavy atom. The van der Waals surface area contributed by atoms with Crippen LogP contribution >= 0.6 is 0 Å². The lowest BCUT2D eigenvalue weighted by atomic mass is 9.96. The van der Waals surface area contributed by atoms with E-state index in [9.17, 15) is 9.59 Å². The number of carbonyl (C=O) groups excluding carboxylic acids is 2. The molecule has 0 saturated carbocycles. The first-order valence-electron chi connectivity index (χ1n) is 9.14. The molecule has 0 spiro atoms. The van der Waals surface area contributed by atoms with Crippen LogP contribution in [-0.4, -0.2) is 16.4 Å². The molecule has 28 heavy (non-hydrogen) atoms. The average molecular weight is 370 g/mol. The number of fused-ring (bicyclic) bond motifs is 5. The Labute approximate surface area is 161 Å². The van der Waals surface area contributed by atoms with Crippen molar-refractivity contribution in [2.24, 2.45) is 7.05 Å². The number of carbonyl (C=O) groups is 2. The van der Waals surface area contributed by atoms with Gasteiger partial charge in [-0.1, -0.05) is 36.4 Å². The molecule has 0 bridgehead atoms. The molecule has 138 valence electrons. The maximum Gasteiger partial charge on any atom is 0.339 e. The van der Waals surface area contributed by atoms with E-state index in [4.69, 9.17) is 4.74 Å². The number of anilines is 1. The Hall–Kier alpha value is -3.60. The van der Waals surface area contributed by atoms with E-state index in [0.717, 1.165) is 32.9 Å². The number of esters is 1. The van der Waals surface area contributed by atoms with Crippen molar-refractivity contribution in [2.75, 3.05) is 5.32 Å². The first-order valence-corrected chi connectivity index (χ1v) is 9.14. The number of aromatic nitrogens is 1. The lowest BCUT2D eigenvalue weighted by Crippen LogP contribution is -2.15. The Kier molecular flexibility index (Phi) is 3.52. The van der Waals surface area contributed by atoms with Gasteiger partial charge in [-0.05, 0) is 30.7 Å². The summed E-state index contributed by atoms with van der Waals surface area (Å²) in [6.45, 7) is 2.14. The van der Waals surface area contributed by atoms with Crippen molar-refractivity contribution in [1.82, 2.24) is 4.57 Å². The molecule has 1 amide bonds. The summed E-state index contributed by atoms with van der Waals surface area (Å²) >= 11 is 0. The summed E-state index contributed by atoms with van der Waals surface area (Å²) in [7, 11) is 1.98. The molecule has 1 aliphatic heterocycles. The number of aryl methyl sites for hydroxylation is 2. The van der Waals surface area contributed by atoms with E-state index < -0.39 is 0 Å². The first kappa shape index (κ1) is 16.6. The topological polar surface area (TPSA) is 60.3 Å². The van der Waals surface area contributed by atoms with Crippen molar-refractivity contribution in [1.29, 1.82) is 0 Å². The molecular weight excluding hydrogens is 352 g/mol. The molecule has 5 nitrogen and oxygen atoms in total. The molecule has 1 aliphatic rings. The minimum absolute atomic E-state index is 0.165. The van der Waals surface area contributed by atoms with Gasteiger partial charge in [0.2, 0.25) is 0 Å². The third-order valence-corrected chi connectivity index (χ3v) is 5.52. The van der Waals surface area contributed by atoms with Gasteiger partial charge in [-0.15, -0.1) is 0 Å². The van der Waals surface area contributed by atoms with Crippen LogP contribution in [0, 0.1) is 6.92 Å². The van der Waals surface area contributed by atoms with E-state index in [1.807, 2.05) is 56.4 Å². The van der Waals surface area contributed by atoms with Crippen LogP contribution < -0.4 is 5.32 Å². The first-order chi connectivity index (χ1) is 13.6. The highest BCUT2D eigenvalue weighted by molar-refractivity contribution is 6.21. The van der Waals surface area contributed by atoms with Crippen LogP contribution in [0.25, 0.3) is 21.8 Å². The average Bonchev–Trinajstić information content (AvgIpc) is 3.24. The molecule has 0 fully saturated rings. The minimum Gasteiger partial charge on any atom is -0.457 e. The van der Waals surface area contributed by atoms with Crippen LogP contribution in [-0.2, 0) is 18.4 Å². The summed E-state index contributed by atoms with van der Waals surface area (Å²) in [5.74, 6) is -0.546. The van der Waals surface area contributed by atoms with Crippen LogP contribution in [0.4, 0.5) is 5.69 Å². The van der Waals surface area contributed by atoms with Gasteiger partial charge in [-0.25, -0.2) is 4.79 Å². The maximum atomic E-state index is 12.8. The van der Waals surface area contributed by atoms with Gasteiger partial charge in [0.05, 0.1) is 16.8 Å². The van der Waals surface area contributed by atoms with Gasteiger partial charge in [0.15, 0.2) is 0 Å². The summed E-state index contributed by atoms with van der Waals surface area (Å²) in [6, 6.07) is 17.0. The SMILES string of the molecule is Cc1c(NC(=O)c2ccccc2)c2c(c3c4ccccc4n(C)c13)C(=O)OC2. The standard InChI is InChI=1S/C23H18N2O3/c1-13-20(24-22(26)14-8-4-3-5-9-14)16-12-28-23(27)19(16)18-15-10-6-7-11-17(15)25(2)21(13)18/h3-11H,12H2,1-2H3,(H,24,26). The summed E-state index contributed by atoms with van der Waals surface area (Å²) < 4.78 is 7.45. The molecule has 0 atom stereocenters. The maximum absolute atomic E-state index is 12.8. The summed E-state index contributed by atoms with van der Waals surface area (Å²) in [5, 5.41) is 4.93. The molecule has 3 aromatic carbocycles. The monoisotopic (exact) mass is 370 g/mol. The summed E-state index contributed by atoms with van der Waals surface area (Å²) in [4.78, 5) is 25.4. The van der Waals surface area contributed by atoms with E-state index in [-0.39, 0.29) is 18.5 Å². The number of cyclic esters (lactones) is 1. The molecule has 1 N–H and O–H groups in total. The van der Waals surface area contributed by atoms with Gasteiger partial charge in [0.25, 0.3) is 5.91 Å². The molecule has 0 unspecified atom stereocenters. The number of rotatable bonds is 2. The van der Waals surface area contributed by atoms with Gasteiger partial charge < -0.3 is 14.6 Å². The number of ether oxygens (including phenoxy) is 1. The Morgan fingerprint density at radius 3 is 2.57 bits per heavy atom. The van der Waals surface area contributed by atoms with Crippen molar-refractivity contribution < 1.29 is 14.3 Å². The summed E-state index contributed by atoms with van der Waals surface area (Å²) in [6.07, 6.45) is 0. The van der Waals surface area contributed by atoms with Crippen molar-refractivity contribution in [3.05, 3.63) is 76.9 Å². The van der Waals surface area contributed by atoms with Crippen molar-refractivity contribution in [3.63, 3.8) is 0 Å². The van der Waals surface area contributed by atoms with E-state index in [1.54, 1.807) is 12.1 Å². The summed E-state index contributed by atoms with van der Waals surface area (Å²) in [5.41, 5.74) is 5.42. The number of hydrogen-bond acceptors (Lipinski definition) is 3. The molecule has 0 radical (unpaired) electrons. The fraction of sp³-hybridized carbons (Fsp3) is 0.130. The lowest BCUT2D eigenvalue weighted by molar-refractivity contribution is 0.0537. The number of nitrogens with zero attached hydrogens (tertiary/aromatic N) is 1. The highest BCUT2D eigenvalue weighted by Gasteiger charge is 2.32. The molecular formula is C23H18N2O3. The molecule has 1 aromatic heterocycles. The molecule has 0 saturated heterocycles. The van der Waals surface area contributed by atoms with Crippen LogP contribution in [0.3, 0.4) is 0 Å². The van der Waals surface area contributed by atoms with Crippen LogP contribution in [0.15, 0.2) is 54.6 Å². The van der Waals surface area contributed by atoms with Crippen molar-refractivity contribution >= 4 is 39.4 Å². The Balaban J connectivity index is 1.81. The third-order valence-electron chi connectivity index (χ3n) is 5.52. The number of hydrogen-bond donors (Lipinski definition) is 1. The fourth-order valence-corrected chi connectivity index (χ4v) is 4.23. The highest BCUT2D eigenvalue weighted by Crippen LogP contribution is 2.42. The minimum atomic E-state index is -0.341. The smallest absolute Gasteiger partial charge is 0.339 e. The largest absolute Gasteiger partial charge is 0.457 e. The molecule has 5 rings (SSSR count). The van der Waals surface area contributed by atoms with Gasteiger partial charge in [0, 0.05) is 34.5 Å². The van der Waals surface area contributed by atoms with Crippen LogP contribution in [0.1, 0.15) is 31.8 Å². The fourth-order valence-electron chi connectivity index (χ4n) is 4.23. The van der Waals surface area contributed by atoms with Crippen molar-refractivity contribution in [2.45, 2.75) is 13.5 Å². The number of nitrogens with one attached hydrogen (secondary N) is 1. The number of para-hydroxylation sites is 1. The Bertz CT molecular complexity index is 1290. The zero-order valence-corrected chi connectivity index (χ0v) is 15.6. The van der Waals surface area contributed by atoms with E-state index >= 15 is 0 Å². The zero-order chi connectivity index (χ0) is 19.4. The number of benzene rings is 3. The Morgan fingerprint density at radius 2 is 1.79 bits per heavy atom. The van der Waals surface area contributed by atoms with E-state index in [0.29, 0.717) is 16.8 Å².